The smallest absolute Gasteiger partial charge is 0.303 e. The summed E-state index contributed by atoms with van der Waals surface area (Å²) < 4.78 is 21.3. The molecule has 1 fully saturated rings. The van der Waals surface area contributed by atoms with Crippen molar-refractivity contribution in [2.75, 3.05) is 6.61 Å². The molecule has 0 aromatic carbocycles. The van der Waals surface area contributed by atoms with Crippen molar-refractivity contribution in [2.45, 2.75) is 51.4 Å². The van der Waals surface area contributed by atoms with Crippen molar-refractivity contribution in [3.05, 3.63) is 23.1 Å². The lowest BCUT2D eigenvalue weighted by Crippen LogP contribution is -2.59. The predicted molar refractivity (Wildman–Crippen MR) is 74.5 cm³/mol. The third kappa shape index (κ3) is 4.73. The number of rotatable bonds is 6. The first kappa shape index (κ1) is 18.0. The highest BCUT2D eigenvalue weighted by atomic mass is 16.7. The van der Waals surface area contributed by atoms with Gasteiger partial charge in [-0.1, -0.05) is 11.2 Å². The normalized spacial score (nSPS) is 30.8. The fourth-order valence-corrected chi connectivity index (χ4v) is 2.14. The SMILES string of the molecule is C=CCO[C@H]1O[C@H](C)[C@@H](N=[N+]=[N-])[C@H](OC(C)=O)[C@@H]1OC(C)=O. The summed E-state index contributed by atoms with van der Waals surface area (Å²) in [5, 5.41) is 3.58. The third-order valence-electron chi connectivity index (χ3n) is 2.93. The summed E-state index contributed by atoms with van der Waals surface area (Å²) in [6, 6.07) is -0.846. The van der Waals surface area contributed by atoms with Crippen molar-refractivity contribution in [1.29, 1.82) is 0 Å². The van der Waals surface area contributed by atoms with E-state index >= 15 is 0 Å². The van der Waals surface area contributed by atoms with E-state index < -0.39 is 42.6 Å². The Balaban J connectivity index is 3.11. The minimum absolute atomic E-state index is 0.147. The zero-order valence-electron chi connectivity index (χ0n) is 12.7. The molecular formula is C13H19N3O6. The summed E-state index contributed by atoms with van der Waals surface area (Å²) in [5.41, 5.74) is 8.67. The average molecular weight is 313 g/mol. The Kier molecular flexibility index (Phi) is 6.84. The van der Waals surface area contributed by atoms with Crippen LogP contribution in [0.25, 0.3) is 10.4 Å². The van der Waals surface area contributed by atoms with Crippen LogP contribution in [-0.2, 0) is 28.5 Å². The molecule has 1 rings (SSSR count). The highest BCUT2D eigenvalue weighted by Gasteiger charge is 2.48. The molecule has 0 radical (unpaired) electrons. The number of hydrogen-bond acceptors (Lipinski definition) is 7. The van der Waals surface area contributed by atoms with Gasteiger partial charge in [0.05, 0.1) is 12.7 Å². The summed E-state index contributed by atoms with van der Waals surface area (Å²) in [5.74, 6) is -1.20. The zero-order chi connectivity index (χ0) is 16.7. The number of nitrogens with zero attached hydrogens (tertiary/aromatic N) is 3. The van der Waals surface area contributed by atoms with Crippen LogP contribution in [0.1, 0.15) is 20.8 Å². The number of hydrogen-bond donors (Lipinski definition) is 0. The minimum Gasteiger partial charge on any atom is -0.458 e. The van der Waals surface area contributed by atoms with Crippen LogP contribution in [0.3, 0.4) is 0 Å². The molecule has 5 atom stereocenters. The molecular weight excluding hydrogens is 294 g/mol. The van der Waals surface area contributed by atoms with E-state index in [-0.39, 0.29) is 6.61 Å². The van der Waals surface area contributed by atoms with Crippen molar-refractivity contribution < 1.29 is 28.5 Å². The van der Waals surface area contributed by atoms with Gasteiger partial charge < -0.3 is 18.9 Å². The van der Waals surface area contributed by atoms with Gasteiger partial charge in [0.15, 0.2) is 18.5 Å². The first-order chi connectivity index (χ1) is 10.4. The fourth-order valence-electron chi connectivity index (χ4n) is 2.14. The second-order valence-corrected chi connectivity index (χ2v) is 4.68. The van der Waals surface area contributed by atoms with Crippen molar-refractivity contribution >= 4 is 11.9 Å². The van der Waals surface area contributed by atoms with Crippen LogP contribution >= 0.6 is 0 Å². The van der Waals surface area contributed by atoms with E-state index in [1.165, 1.54) is 19.9 Å². The summed E-state index contributed by atoms with van der Waals surface area (Å²) in [4.78, 5) is 25.4. The van der Waals surface area contributed by atoms with Gasteiger partial charge in [-0.25, -0.2) is 0 Å². The van der Waals surface area contributed by atoms with E-state index in [1.807, 2.05) is 0 Å². The summed E-state index contributed by atoms with van der Waals surface area (Å²) in [6.07, 6.45) is -2.11. The Labute approximate surface area is 127 Å². The highest BCUT2D eigenvalue weighted by Crippen LogP contribution is 2.29. The summed E-state index contributed by atoms with van der Waals surface area (Å²) >= 11 is 0. The molecule has 1 aliphatic heterocycles. The first-order valence-corrected chi connectivity index (χ1v) is 6.67. The van der Waals surface area contributed by atoms with Gasteiger partial charge in [0.1, 0.15) is 6.04 Å². The summed E-state index contributed by atoms with van der Waals surface area (Å²) in [7, 11) is 0. The quantitative estimate of drug-likeness (QED) is 0.241. The Morgan fingerprint density at radius 1 is 1.32 bits per heavy atom. The molecule has 122 valence electrons. The van der Waals surface area contributed by atoms with Crippen LogP contribution in [0, 0.1) is 0 Å². The third-order valence-corrected chi connectivity index (χ3v) is 2.93. The second-order valence-electron chi connectivity index (χ2n) is 4.68. The van der Waals surface area contributed by atoms with Crippen LogP contribution in [0.15, 0.2) is 17.8 Å². The number of ether oxygens (including phenoxy) is 4. The van der Waals surface area contributed by atoms with E-state index in [0.29, 0.717) is 0 Å². The van der Waals surface area contributed by atoms with Gasteiger partial charge in [0.2, 0.25) is 0 Å². The monoisotopic (exact) mass is 313 g/mol. The molecule has 1 heterocycles. The molecule has 0 spiro atoms. The number of azide groups is 1. The maximum atomic E-state index is 11.3. The molecule has 1 aliphatic rings. The van der Waals surface area contributed by atoms with E-state index in [9.17, 15) is 9.59 Å². The lowest BCUT2D eigenvalue weighted by atomic mass is 9.97. The fraction of sp³-hybridized carbons (Fsp3) is 0.692. The van der Waals surface area contributed by atoms with Crippen LogP contribution in [0.5, 0.6) is 0 Å². The van der Waals surface area contributed by atoms with Crippen LogP contribution in [0.4, 0.5) is 0 Å². The van der Waals surface area contributed by atoms with E-state index in [0.717, 1.165) is 0 Å². The average Bonchev–Trinajstić information content (AvgIpc) is 2.43. The van der Waals surface area contributed by atoms with Crippen LogP contribution in [0.2, 0.25) is 0 Å². The Hall–Kier alpha value is -2.09. The standard InChI is InChI=1S/C13H19N3O6/c1-5-6-19-13-12(22-9(4)18)11(21-8(3)17)10(15-16-14)7(2)20-13/h5,7,10-13H,1,6H2,2-4H3/t7-,10-,11+,12+,13+/m1/s1. The van der Waals surface area contributed by atoms with Gasteiger partial charge in [-0.15, -0.1) is 6.58 Å². The largest absolute Gasteiger partial charge is 0.458 e. The van der Waals surface area contributed by atoms with E-state index in [2.05, 4.69) is 16.6 Å². The maximum absolute atomic E-state index is 11.3. The van der Waals surface area contributed by atoms with Gasteiger partial charge in [-0.05, 0) is 12.5 Å². The molecule has 0 N–H and O–H groups in total. The molecule has 0 saturated carbocycles. The van der Waals surface area contributed by atoms with Crippen molar-refractivity contribution in [1.82, 2.24) is 0 Å². The lowest BCUT2D eigenvalue weighted by molar-refractivity contribution is -0.274. The highest BCUT2D eigenvalue weighted by molar-refractivity contribution is 5.67. The zero-order valence-corrected chi connectivity index (χ0v) is 12.7. The molecule has 0 bridgehead atoms. The molecule has 0 unspecified atom stereocenters. The second kappa shape index (κ2) is 8.38. The van der Waals surface area contributed by atoms with Gasteiger partial charge >= 0.3 is 11.9 Å². The molecule has 1 saturated heterocycles. The Bertz CT molecular complexity index is 476. The molecule has 0 amide bonds. The van der Waals surface area contributed by atoms with Crippen molar-refractivity contribution in [2.24, 2.45) is 5.11 Å². The van der Waals surface area contributed by atoms with Crippen molar-refractivity contribution in [3.8, 4) is 0 Å². The molecule has 0 aromatic heterocycles. The van der Waals surface area contributed by atoms with Crippen LogP contribution in [-0.4, -0.2) is 49.2 Å². The first-order valence-electron chi connectivity index (χ1n) is 6.67. The maximum Gasteiger partial charge on any atom is 0.303 e. The molecule has 22 heavy (non-hydrogen) atoms. The number of carbonyl (C=O) groups excluding carboxylic acids is 2. The lowest BCUT2D eigenvalue weighted by Gasteiger charge is -2.42. The topological polar surface area (TPSA) is 120 Å². The summed E-state index contributed by atoms with van der Waals surface area (Å²) in [6.45, 7) is 7.72. The molecule has 9 heteroatoms. The van der Waals surface area contributed by atoms with Crippen molar-refractivity contribution in [3.63, 3.8) is 0 Å². The minimum atomic E-state index is -1.05. The van der Waals surface area contributed by atoms with E-state index in [1.54, 1.807) is 6.92 Å². The predicted octanol–water partition coefficient (Wildman–Crippen LogP) is 1.48. The van der Waals surface area contributed by atoms with Crippen LogP contribution < -0.4 is 0 Å². The number of carbonyl (C=O) groups is 2. The molecule has 0 aliphatic carbocycles. The van der Waals surface area contributed by atoms with E-state index in [4.69, 9.17) is 24.5 Å². The van der Waals surface area contributed by atoms with Gasteiger partial charge in [0.25, 0.3) is 0 Å². The van der Waals surface area contributed by atoms with Gasteiger partial charge in [0, 0.05) is 18.8 Å². The number of esters is 2. The Morgan fingerprint density at radius 3 is 2.41 bits per heavy atom. The van der Waals surface area contributed by atoms with Gasteiger partial charge in [-0.3, -0.25) is 9.59 Å². The Morgan fingerprint density at radius 2 is 1.91 bits per heavy atom. The molecule has 9 nitrogen and oxygen atoms in total. The van der Waals surface area contributed by atoms with Gasteiger partial charge in [-0.2, -0.15) is 0 Å². The molecule has 0 aromatic rings.